The van der Waals surface area contributed by atoms with Crippen LogP contribution in [0.5, 0.6) is 0 Å². The number of rotatable bonds is 0. The Labute approximate surface area is 69.4 Å². The van der Waals surface area contributed by atoms with E-state index in [2.05, 4.69) is 6.42 Å². The van der Waals surface area contributed by atoms with Crippen LogP contribution in [-0.2, 0) is 0 Å². The van der Waals surface area contributed by atoms with Crippen LogP contribution in [0, 0.1) is 30.1 Å². The van der Waals surface area contributed by atoms with Gasteiger partial charge in [-0.05, 0) is 55.8 Å². The van der Waals surface area contributed by atoms with Gasteiger partial charge >= 0.3 is 0 Å². The molecule has 0 heteroatoms. The molecule has 3 fully saturated rings. The Morgan fingerprint density at radius 1 is 0.727 bits per heavy atom. The fourth-order valence-electron chi connectivity index (χ4n) is 2.75. The molecule has 3 saturated carbocycles. The summed E-state index contributed by atoms with van der Waals surface area (Å²) in [5.74, 6) is 6.87. The molecule has 3 aliphatic carbocycles. The Hall–Kier alpha value is 0. The molecule has 0 aromatic heterocycles. The second-order valence-corrected chi connectivity index (χ2v) is 3.86. The first kappa shape index (κ1) is 6.51. The molecule has 0 saturated heterocycles. The molecule has 0 aromatic carbocycles. The minimum absolute atomic E-state index is 1.36. The van der Waals surface area contributed by atoms with Crippen LogP contribution in [0.4, 0.5) is 0 Å². The highest BCUT2D eigenvalue weighted by Gasteiger charge is 2.48. The fraction of sp³-hybridized carbons (Fsp3) is 0.545. The maximum Gasteiger partial charge on any atom is -0.00967 e. The van der Waals surface area contributed by atoms with Gasteiger partial charge in [0.05, 0.1) is 0 Å². The molecular weight excluding hydrogens is 132 g/mol. The van der Waals surface area contributed by atoms with E-state index in [0.29, 0.717) is 0 Å². The minimum atomic E-state index is 1.36. The molecule has 5 radical (unpaired) electrons. The molecule has 3 rings (SSSR count). The third-order valence-corrected chi connectivity index (χ3v) is 3.23. The summed E-state index contributed by atoms with van der Waals surface area (Å²) in [6.07, 6.45) is 10.8. The maximum absolute atomic E-state index is 2.48. The van der Waals surface area contributed by atoms with Gasteiger partial charge in [0.2, 0.25) is 0 Å². The van der Waals surface area contributed by atoms with Crippen molar-refractivity contribution >= 4 is 0 Å². The highest BCUT2D eigenvalue weighted by atomic mass is 14.5. The van der Waals surface area contributed by atoms with Gasteiger partial charge in [-0.2, -0.15) is 0 Å². The lowest BCUT2D eigenvalue weighted by Gasteiger charge is -2.13. The van der Waals surface area contributed by atoms with Crippen molar-refractivity contribution in [1.82, 2.24) is 0 Å². The van der Waals surface area contributed by atoms with Gasteiger partial charge in [-0.15, -0.1) is 0 Å². The summed E-state index contributed by atoms with van der Waals surface area (Å²) in [6, 6.07) is 0. The van der Waals surface area contributed by atoms with Gasteiger partial charge in [-0.3, -0.25) is 0 Å². The van der Waals surface area contributed by atoms with Crippen molar-refractivity contribution in [2.75, 3.05) is 0 Å². The molecular formula is C11H13. The predicted octanol–water partition coefficient (Wildman–Crippen LogP) is 2.87. The average Bonchev–Trinajstić information content (AvgIpc) is 2.52. The average molecular weight is 145 g/mol. The Morgan fingerprint density at radius 2 is 1.27 bits per heavy atom. The van der Waals surface area contributed by atoms with E-state index in [9.17, 15) is 0 Å². The Balaban J connectivity index is 1.84. The van der Waals surface area contributed by atoms with E-state index in [1.54, 1.807) is 23.7 Å². The van der Waals surface area contributed by atoms with E-state index >= 15 is 0 Å². The van der Waals surface area contributed by atoms with E-state index in [1.165, 1.54) is 38.5 Å². The van der Waals surface area contributed by atoms with Crippen molar-refractivity contribution in [2.45, 2.75) is 38.5 Å². The van der Waals surface area contributed by atoms with Gasteiger partial charge in [-0.1, -0.05) is 12.8 Å². The van der Waals surface area contributed by atoms with E-state index < -0.39 is 0 Å². The monoisotopic (exact) mass is 145 g/mol. The van der Waals surface area contributed by atoms with Crippen LogP contribution >= 0.6 is 0 Å². The first-order valence-electron chi connectivity index (χ1n) is 4.74. The molecule has 3 aliphatic rings. The van der Waals surface area contributed by atoms with Gasteiger partial charge in [0, 0.05) is 0 Å². The van der Waals surface area contributed by atoms with Gasteiger partial charge in [0.15, 0.2) is 0 Å². The van der Waals surface area contributed by atoms with E-state index in [1.807, 2.05) is 0 Å². The molecule has 0 atom stereocenters. The quantitative estimate of drug-likeness (QED) is 0.491. The number of hydrogen-bond donors (Lipinski definition) is 0. The first-order chi connectivity index (χ1) is 5.45. The molecule has 0 aliphatic heterocycles. The molecule has 0 amide bonds. The summed E-state index contributed by atoms with van der Waals surface area (Å²) >= 11 is 0. The van der Waals surface area contributed by atoms with Crippen molar-refractivity contribution in [2.24, 2.45) is 0 Å². The molecule has 0 nitrogen and oxygen atoms in total. The minimum Gasteiger partial charge on any atom is -0.0521 e. The second-order valence-electron chi connectivity index (χ2n) is 3.86. The lowest BCUT2D eigenvalue weighted by atomic mass is 9.90. The molecule has 0 unspecified atom stereocenters. The zero-order valence-electron chi connectivity index (χ0n) is 6.82. The Bertz CT molecular complexity index is 143. The Kier molecular flexibility index (Phi) is 1.33. The van der Waals surface area contributed by atoms with Crippen LogP contribution in [0.1, 0.15) is 38.5 Å². The summed E-state index contributed by atoms with van der Waals surface area (Å²) in [5, 5.41) is 0. The van der Waals surface area contributed by atoms with E-state index in [0.717, 1.165) is 0 Å². The standard InChI is InChI=1S/C11H13/c1-3-8-7-9-4-2-6-11(9)10(8)5-1/h7H,1-6H2. The highest BCUT2D eigenvalue weighted by Crippen LogP contribution is 2.60. The van der Waals surface area contributed by atoms with Crippen LogP contribution in [0.2, 0.25) is 0 Å². The second kappa shape index (κ2) is 2.24. The van der Waals surface area contributed by atoms with Crippen molar-refractivity contribution in [3.8, 4) is 0 Å². The van der Waals surface area contributed by atoms with Gasteiger partial charge < -0.3 is 0 Å². The lowest BCUT2D eigenvalue weighted by molar-refractivity contribution is 0.833. The third kappa shape index (κ3) is 0.816. The summed E-state index contributed by atoms with van der Waals surface area (Å²) in [7, 11) is 0. The van der Waals surface area contributed by atoms with Gasteiger partial charge in [0.1, 0.15) is 0 Å². The van der Waals surface area contributed by atoms with Gasteiger partial charge in [0.25, 0.3) is 0 Å². The maximum atomic E-state index is 2.48. The number of fused-ring (bicyclic) bond motifs is 3. The summed E-state index contributed by atoms with van der Waals surface area (Å²) < 4.78 is 0. The van der Waals surface area contributed by atoms with Crippen LogP contribution in [0.3, 0.4) is 0 Å². The van der Waals surface area contributed by atoms with Gasteiger partial charge in [-0.25, -0.2) is 0 Å². The SMILES string of the molecule is [CH]1[C]2CCC[C]2[C]2CCC[C]12. The van der Waals surface area contributed by atoms with Crippen LogP contribution in [-0.4, -0.2) is 0 Å². The summed E-state index contributed by atoms with van der Waals surface area (Å²) in [5.41, 5.74) is 0. The first-order valence-corrected chi connectivity index (χ1v) is 4.74. The molecule has 0 aromatic rings. The largest absolute Gasteiger partial charge is 0.0521 e. The highest BCUT2D eigenvalue weighted by molar-refractivity contribution is 5.59. The van der Waals surface area contributed by atoms with Crippen molar-refractivity contribution in [3.63, 3.8) is 0 Å². The van der Waals surface area contributed by atoms with Crippen LogP contribution in [0.15, 0.2) is 0 Å². The lowest BCUT2D eigenvalue weighted by Crippen LogP contribution is -2.02. The van der Waals surface area contributed by atoms with Crippen molar-refractivity contribution in [1.29, 1.82) is 0 Å². The summed E-state index contributed by atoms with van der Waals surface area (Å²) in [4.78, 5) is 0. The van der Waals surface area contributed by atoms with Crippen LogP contribution in [0.25, 0.3) is 0 Å². The summed E-state index contributed by atoms with van der Waals surface area (Å²) in [6.45, 7) is 0. The fourth-order valence-corrected chi connectivity index (χ4v) is 2.75. The Morgan fingerprint density at radius 3 is 1.82 bits per heavy atom. The molecule has 0 heterocycles. The molecule has 0 spiro atoms. The molecule has 57 valence electrons. The smallest absolute Gasteiger partial charge is 0.00967 e. The molecule has 11 heavy (non-hydrogen) atoms. The zero-order valence-corrected chi connectivity index (χ0v) is 6.82. The van der Waals surface area contributed by atoms with Crippen molar-refractivity contribution in [3.05, 3.63) is 30.1 Å². The topological polar surface area (TPSA) is 0 Å². The third-order valence-electron chi connectivity index (χ3n) is 3.23. The number of hydrogen-bond acceptors (Lipinski definition) is 0. The van der Waals surface area contributed by atoms with E-state index in [-0.39, 0.29) is 0 Å². The van der Waals surface area contributed by atoms with Crippen LogP contribution < -0.4 is 0 Å². The predicted molar refractivity (Wildman–Crippen MR) is 45.0 cm³/mol. The molecule has 0 N–H and O–H groups in total. The zero-order chi connectivity index (χ0) is 7.26. The normalized spacial score (nSPS) is 34.9. The molecule has 0 bridgehead atoms. The van der Waals surface area contributed by atoms with Crippen molar-refractivity contribution < 1.29 is 0 Å². The van der Waals surface area contributed by atoms with E-state index in [4.69, 9.17) is 0 Å².